The second-order valence-electron chi connectivity index (χ2n) is 2.92. The van der Waals surface area contributed by atoms with Crippen molar-refractivity contribution in [3.8, 4) is 0 Å². The van der Waals surface area contributed by atoms with Gasteiger partial charge in [-0.05, 0) is 20.0 Å². The normalized spacial score (nSPS) is 11.6. The van der Waals surface area contributed by atoms with E-state index in [1.165, 1.54) is 13.1 Å². The first-order valence-electron chi connectivity index (χ1n) is 4.11. The molecule has 6 nitrogen and oxygen atoms in total. The van der Waals surface area contributed by atoms with E-state index in [-0.39, 0.29) is 10.7 Å². The highest BCUT2D eigenvalue weighted by Crippen LogP contribution is 2.20. The van der Waals surface area contributed by atoms with Gasteiger partial charge in [-0.15, -0.1) is 0 Å². The molecule has 0 aromatic carbocycles. The third kappa shape index (κ3) is 2.57. The summed E-state index contributed by atoms with van der Waals surface area (Å²) in [4.78, 5) is 10.3. The topological polar surface area (TPSA) is 96.6 Å². The van der Waals surface area contributed by atoms with Gasteiger partial charge in [0.1, 0.15) is 22.8 Å². The molecule has 1 aromatic rings. The van der Waals surface area contributed by atoms with E-state index in [2.05, 4.69) is 4.72 Å². The zero-order valence-electron chi connectivity index (χ0n) is 8.27. The fourth-order valence-corrected chi connectivity index (χ4v) is 2.09. The van der Waals surface area contributed by atoms with Crippen molar-refractivity contribution in [3.05, 3.63) is 17.6 Å². The molecule has 0 aliphatic heterocycles. The van der Waals surface area contributed by atoms with Gasteiger partial charge >= 0.3 is 5.97 Å². The maximum atomic E-state index is 11.5. The molecule has 0 radical (unpaired) electrons. The number of hydrogen-bond acceptors (Lipinski definition) is 4. The zero-order chi connectivity index (χ0) is 11.6. The molecule has 1 rings (SSSR count). The van der Waals surface area contributed by atoms with Crippen LogP contribution in [0.3, 0.4) is 0 Å². The predicted octanol–water partition coefficient (Wildman–Crippen LogP) is 0.123. The van der Waals surface area contributed by atoms with Crippen LogP contribution >= 0.6 is 0 Å². The number of hydrogen-bond donors (Lipinski definition) is 2. The maximum absolute atomic E-state index is 11.5. The van der Waals surface area contributed by atoms with E-state index in [1.807, 2.05) is 0 Å². The van der Waals surface area contributed by atoms with Crippen LogP contribution < -0.4 is 4.72 Å². The summed E-state index contributed by atoms with van der Waals surface area (Å²) < 4.78 is 30.0. The minimum atomic E-state index is -3.66. The van der Waals surface area contributed by atoms with Gasteiger partial charge < -0.3 is 9.52 Å². The molecule has 0 saturated heterocycles. The van der Waals surface area contributed by atoms with Crippen LogP contribution in [-0.4, -0.2) is 26.5 Å². The second kappa shape index (κ2) is 4.03. The Morgan fingerprint density at radius 3 is 2.67 bits per heavy atom. The summed E-state index contributed by atoms with van der Waals surface area (Å²) >= 11 is 0. The third-order valence-electron chi connectivity index (χ3n) is 1.76. The molecule has 0 spiro atoms. The summed E-state index contributed by atoms with van der Waals surface area (Å²) in [5.41, 5.74) is 0. The van der Waals surface area contributed by atoms with Gasteiger partial charge in [0.15, 0.2) is 0 Å². The lowest BCUT2D eigenvalue weighted by Gasteiger charge is -2.00. The molecule has 1 heterocycles. The molecule has 15 heavy (non-hydrogen) atoms. The van der Waals surface area contributed by atoms with E-state index >= 15 is 0 Å². The van der Waals surface area contributed by atoms with Crippen LogP contribution in [0.15, 0.2) is 15.4 Å². The highest BCUT2D eigenvalue weighted by molar-refractivity contribution is 7.89. The highest BCUT2D eigenvalue weighted by atomic mass is 32.2. The van der Waals surface area contributed by atoms with Crippen LogP contribution in [0.4, 0.5) is 0 Å². The molecule has 0 unspecified atom stereocenters. The number of furan rings is 1. The van der Waals surface area contributed by atoms with Crippen molar-refractivity contribution < 1.29 is 22.7 Å². The van der Waals surface area contributed by atoms with Gasteiger partial charge in [0.2, 0.25) is 10.0 Å². The van der Waals surface area contributed by atoms with Crippen LogP contribution in [0, 0.1) is 6.92 Å². The highest BCUT2D eigenvalue weighted by Gasteiger charge is 2.22. The summed E-state index contributed by atoms with van der Waals surface area (Å²) in [5, 5.41) is 8.56. The number of carboxylic acid groups (broad SMARTS) is 1. The van der Waals surface area contributed by atoms with Crippen molar-refractivity contribution in [3.63, 3.8) is 0 Å². The minimum Gasteiger partial charge on any atom is -0.481 e. The molecule has 0 fully saturated rings. The first-order chi connectivity index (χ1) is 6.86. The lowest BCUT2D eigenvalue weighted by Crippen LogP contribution is -2.19. The van der Waals surface area contributed by atoms with Gasteiger partial charge in [-0.3, -0.25) is 4.79 Å². The average molecular weight is 233 g/mol. The van der Waals surface area contributed by atoms with Crippen molar-refractivity contribution in [1.29, 1.82) is 0 Å². The quantitative estimate of drug-likeness (QED) is 0.770. The molecule has 2 N–H and O–H groups in total. The third-order valence-corrected chi connectivity index (χ3v) is 3.23. The van der Waals surface area contributed by atoms with Crippen molar-refractivity contribution in [2.75, 3.05) is 7.05 Å². The summed E-state index contributed by atoms with van der Waals surface area (Å²) in [6.07, 6.45) is -0.454. The molecule has 0 atom stereocenters. The smallest absolute Gasteiger partial charge is 0.311 e. The van der Waals surface area contributed by atoms with Crippen LogP contribution in [0.1, 0.15) is 11.5 Å². The lowest BCUT2D eigenvalue weighted by atomic mass is 10.3. The predicted molar refractivity (Wildman–Crippen MR) is 51.0 cm³/mol. The van der Waals surface area contributed by atoms with Crippen LogP contribution in [0.5, 0.6) is 0 Å². The first kappa shape index (κ1) is 11.7. The fourth-order valence-electron chi connectivity index (χ4n) is 1.14. The van der Waals surface area contributed by atoms with E-state index < -0.39 is 22.4 Å². The average Bonchev–Trinajstić information content (AvgIpc) is 2.46. The van der Waals surface area contributed by atoms with E-state index in [1.54, 1.807) is 6.92 Å². The molecular formula is C8H11NO5S. The van der Waals surface area contributed by atoms with Crippen molar-refractivity contribution >= 4 is 16.0 Å². The number of aliphatic carboxylic acids is 1. The standard InChI is InChI=1S/C8H11NO5S/c1-5-3-7(15(12,13)9-2)6(14-5)4-8(10)11/h3,9H,4H2,1-2H3,(H,10,11). The number of nitrogens with one attached hydrogen (secondary N) is 1. The number of carbonyl (C=O) groups is 1. The van der Waals surface area contributed by atoms with Gasteiger partial charge in [0.25, 0.3) is 0 Å². The largest absolute Gasteiger partial charge is 0.481 e. The van der Waals surface area contributed by atoms with E-state index in [0.717, 1.165) is 0 Å². The van der Waals surface area contributed by atoms with E-state index in [9.17, 15) is 13.2 Å². The lowest BCUT2D eigenvalue weighted by molar-refractivity contribution is -0.136. The summed E-state index contributed by atoms with van der Waals surface area (Å²) in [5.74, 6) is -0.841. The number of carboxylic acids is 1. The van der Waals surface area contributed by atoms with Crippen molar-refractivity contribution in [2.24, 2.45) is 0 Å². The maximum Gasteiger partial charge on any atom is 0.311 e. The second-order valence-corrected chi connectivity index (χ2v) is 4.78. The van der Waals surface area contributed by atoms with Gasteiger partial charge in [0.05, 0.1) is 0 Å². The van der Waals surface area contributed by atoms with Gasteiger partial charge in [-0.1, -0.05) is 0 Å². The van der Waals surface area contributed by atoms with Crippen molar-refractivity contribution in [2.45, 2.75) is 18.2 Å². The number of rotatable bonds is 4. The Kier molecular flexibility index (Phi) is 3.15. The van der Waals surface area contributed by atoms with Crippen LogP contribution in [-0.2, 0) is 21.2 Å². The minimum absolute atomic E-state index is 0.0608. The Hall–Kier alpha value is -1.34. The Bertz CT molecular complexity index is 473. The molecule has 0 amide bonds. The van der Waals surface area contributed by atoms with E-state index in [0.29, 0.717) is 5.76 Å². The van der Waals surface area contributed by atoms with Gasteiger partial charge in [-0.25, -0.2) is 13.1 Å². The molecular weight excluding hydrogens is 222 g/mol. The monoisotopic (exact) mass is 233 g/mol. The Morgan fingerprint density at radius 1 is 1.60 bits per heavy atom. The molecule has 0 bridgehead atoms. The first-order valence-corrected chi connectivity index (χ1v) is 5.60. The SMILES string of the molecule is CNS(=O)(=O)c1cc(C)oc1CC(=O)O. The Morgan fingerprint density at radius 2 is 2.20 bits per heavy atom. The van der Waals surface area contributed by atoms with Crippen LogP contribution in [0.25, 0.3) is 0 Å². The summed E-state index contributed by atoms with van der Waals surface area (Å²) in [6, 6.07) is 1.30. The fraction of sp³-hybridized carbons (Fsp3) is 0.375. The molecule has 84 valence electrons. The zero-order valence-corrected chi connectivity index (χ0v) is 9.09. The number of aryl methyl sites for hydroxylation is 1. The van der Waals surface area contributed by atoms with Crippen LogP contribution in [0.2, 0.25) is 0 Å². The molecule has 0 aliphatic carbocycles. The van der Waals surface area contributed by atoms with Crippen molar-refractivity contribution in [1.82, 2.24) is 4.72 Å². The summed E-state index contributed by atoms with van der Waals surface area (Å²) in [6.45, 7) is 1.56. The Labute approximate surface area is 87.0 Å². The molecule has 0 aliphatic rings. The van der Waals surface area contributed by atoms with Gasteiger partial charge in [0, 0.05) is 0 Å². The molecule has 7 heteroatoms. The number of sulfonamides is 1. The molecule has 0 saturated carbocycles. The van der Waals surface area contributed by atoms with E-state index in [4.69, 9.17) is 9.52 Å². The molecule has 1 aromatic heterocycles. The van der Waals surface area contributed by atoms with Gasteiger partial charge in [-0.2, -0.15) is 0 Å². The summed E-state index contributed by atoms with van der Waals surface area (Å²) in [7, 11) is -2.41. The Balaban J connectivity index is 3.23.